The number of benzene rings is 1. The second-order valence-corrected chi connectivity index (χ2v) is 3.52. The van der Waals surface area contributed by atoms with Crippen molar-refractivity contribution in [1.29, 1.82) is 0 Å². The minimum Gasteiger partial charge on any atom is -0.399 e. The van der Waals surface area contributed by atoms with Gasteiger partial charge < -0.3 is 5.73 Å². The van der Waals surface area contributed by atoms with E-state index in [1.165, 1.54) is 0 Å². The molecule has 0 saturated carbocycles. The average molecular weight is 202 g/mol. The van der Waals surface area contributed by atoms with Crippen LogP contribution >= 0.6 is 0 Å². The maximum atomic E-state index is 5.71. The van der Waals surface area contributed by atoms with Gasteiger partial charge in [-0.25, -0.2) is 0 Å². The van der Waals surface area contributed by atoms with Gasteiger partial charge >= 0.3 is 0 Å². The van der Waals surface area contributed by atoms with E-state index in [9.17, 15) is 0 Å². The van der Waals surface area contributed by atoms with Crippen LogP contribution in [0, 0.1) is 6.92 Å². The molecule has 0 saturated heterocycles. The van der Waals surface area contributed by atoms with Crippen molar-refractivity contribution in [3.8, 4) is 5.69 Å². The molecule has 0 atom stereocenters. The van der Waals surface area contributed by atoms with E-state index in [1.54, 1.807) is 6.33 Å². The summed E-state index contributed by atoms with van der Waals surface area (Å²) < 4.78 is 1.99. The molecule has 0 amide bonds. The molecule has 0 radical (unpaired) electrons. The molecule has 0 spiro atoms. The molecule has 2 rings (SSSR count). The van der Waals surface area contributed by atoms with Gasteiger partial charge in [-0.2, -0.15) is 0 Å². The Morgan fingerprint density at radius 2 is 2.20 bits per heavy atom. The number of anilines is 1. The third kappa shape index (κ3) is 1.70. The standard InChI is InChI=1S/C11H14N4/c1-3-11-14-13-7-15(11)10-5-4-9(12)6-8(10)2/h4-7H,3,12H2,1-2H3. The molecule has 78 valence electrons. The first-order chi connectivity index (χ1) is 7.22. The first-order valence-electron chi connectivity index (χ1n) is 4.97. The smallest absolute Gasteiger partial charge is 0.137 e. The Bertz CT molecular complexity index is 473. The third-order valence-corrected chi connectivity index (χ3v) is 2.41. The van der Waals surface area contributed by atoms with Crippen LogP contribution in [0.25, 0.3) is 5.69 Å². The zero-order chi connectivity index (χ0) is 10.8. The summed E-state index contributed by atoms with van der Waals surface area (Å²) in [4.78, 5) is 0. The van der Waals surface area contributed by atoms with E-state index in [0.29, 0.717) is 0 Å². The molecule has 0 aliphatic rings. The molecule has 4 heteroatoms. The number of aromatic nitrogens is 3. The number of nitrogen functional groups attached to an aromatic ring is 1. The normalized spacial score (nSPS) is 10.5. The van der Waals surface area contributed by atoms with E-state index in [-0.39, 0.29) is 0 Å². The van der Waals surface area contributed by atoms with Crippen LogP contribution in [-0.2, 0) is 6.42 Å². The number of hydrogen-bond donors (Lipinski definition) is 1. The van der Waals surface area contributed by atoms with Crippen LogP contribution < -0.4 is 5.73 Å². The fourth-order valence-electron chi connectivity index (χ4n) is 1.65. The number of rotatable bonds is 2. The first kappa shape index (κ1) is 9.71. The Morgan fingerprint density at radius 1 is 1.40 bits per heavy atom. The van der Waals surface area contributed by atoms with Crippen molar-refractivity contribution >= 4 is 5.69 Å². The van der Waals surface area contributed by atoms with E-state index in [4.69, 9.17) is 5.73 Å². The summed E-state index contributed by atoms with van der Waals surface area (Å²) in [5.41, 5.74) is 8.71. The molecular formula is C11H14N4. The monoisotopic (exact) mass is 202 g/mol. The van der Waals surface area contributed by atoms with Gasteiger partial charge in [0, 0.05) is 12.1 Å². The van der Waals surface area contributed by atoms with Crippen LogP contribution in [0.2, 0.25) is 0 Å². The van der Waals surface area contributed by atoms with E-state index >= 15 is 0 Å². The molecule has 0 aliphatic heterocycles. The number of nitrogens with two attached hydrogens (primary N) is 1. The van der Waals surface area contributed by atoms with Crippen LogP contribution in [0.15, 0.2) is 24.5 Å². The SMILES string of the molecule is CCc1nncn1-c1ccc(N)cc1C. The van der Waals surface area contributed by atoms with E-state index in [2.05, 4.69) is 17.1 Å². The Labute approximate surface area is 88.8 Å². The maximum Gasteiger partial charge on any atom is 0.137 e. The molecular weight excluding hydrogens is 188 g/mol. The molecule has 0 bridgehead atoms. The van der Waals surface area contributed by atoms with Crippen molar-refractivity contribution < 1.29 is 0 Å². The van der Waals surface area contributed by atoms with Gasteiger partial charge in [0.25, 0.3) is 0 Å². The predicted molar refractivity (Wildman–Crippen MR) is 59.9 cm³/mol. The molecule has 0 aliphatic carbocycles. The number of nitrogens with zero attached hydrogens (tertiary/aromatic N) is 3. The van der Waals surface area contributed by atoms with Crippen LogP contribution in [0.5, 0.6) is 0 Å². The quantitative estimate of drug-likeness (QED) is 0.754. The lowest BCUT2D eigenvalue weighted by Crippen LogP contribution is -2.01. The highest BCUT2D eigenvalue weighted by molar-refractivity contribution is 5.51. The highest BCUT2D eigenvalue weighted by atomic mass is 15.3. The maximum absolute atomic E-state index is 5.71. The predicted octanol–water partition coefficient (Wildman–Crippen LogP) is 1.72. The zero-order valence-corrected chi connectivity index (χ0v) is 8.94. The van der Waals surface area contributed by atoms with E-state index in [0.717, 1.165) is 29.2 Å². The topological polar surface area (TPSA) is 56.7 Å². The molecule has 2 N–H and O–H groups in total. The lowest BCUT2D eigenvalue weighted by Gasteiger charge is -2.09. The summed E-state index contributed by atoms with van der Waals surface area (Å²) in [7, 11) is 0. The van der Waals surface area contributed by atoms with E-state index in [1.807, 2.05) is 29.7 Å². The van der Waals surface area contributed by atoms with Crippen molar-refractivity contribution in [2.24, 2.45) is 0 Å². The van der Waals surface area contributed by atoms with Crippen molar-refractivity contribution in [2.45, 2.75) is 20.3 Å². The fraction of sp³-hybridized carbons (Fsp3) is 0.273. The molecule has 1 aromatic heterocycles. The van der Waals surface area contributed by atoms with Crippen LogP contribution in [0.3, 0.4) is 0 Å². The molecule has 15 heavy (non-hydrogen) atoms. The lowest BCUT2D eigenvalue weighted by atomic mass is 10.2. The van der Waals surface area contributed by atoms with E-state index < -0.39 is 0 Å². The second kappa shape index (κ2) is 3.73. The summed E-state index contributed by atoms with van der Waals surface area (Å²) in [6.07, 6.45) is 2.60. The van der Waals surface area contributed by atoms with Crippen LogP contribution in [-0.4, -0.2) is 14.8 Å². The summed E-state index contributed by atoms with van der Waals surface area (Å²) in [6, 6.07) is 5.84. The van der Waals surface area contributed by atoms with Gasteiger partial charge in [0.2, 0.25) is 0 Å². The lowest BCUT2D eigenvalue weighted by molar-refractivity contribution is 0.879. The van der Waals surface area contributed by atoms with Crippen molar-refractivity contribution in [2.75, 3.05) is 5.73 Å². The number of hydrogen-bond acceptors (Lipinski definition) is 3. The first-order valence-corrected chi connectivity index (χ1v) is 4.97. The van der Waals surface area contributed by atoms with Gasteiger partial charge in [-0.05, 0) is 30.7 Å². The second-order valence-electron chi connectivity index (χ2n) is 3.52. The Balaban J connectivity index is 2.54. The van der Waals surface area contributed by atoms with Gasteiger partial charge in [0.15, 0.2) is 0 Å². The highest BCUT2D eigenvalue weighted by Gasteiger charge is 2.06. The zero-order valence-electron chi connectivity index (χ0n) is 8.94. The fourth-order valence-corrected chi connectivity index (χ4v) is 1.65. The van der Waals surface area contributed by atoms with Gasteiger partial charge in [-0.3, -0.25) is 4.57 Å². The van der Waals surface area contributed by atoms with Crippen molar-refractivity contribution in [3.63, 3.8) is 0 Å². The third-order valence-electron chi connectivity index (χ3n) is 2.41. The number of aryl methyl sites for hydroxylation is 2. The minimum absolute atomic E-state index is 0.780. The minimum atomic E-state index is 0.780. The summed E-state index contributed by atoms with van der Waals surface area (Å²) >= 11 is 0. The Morgan fingerprint density at radius 3 is 2.87 bits per heavy atom. The Kier molecular flexibility index (Phi) is 2.41. The molecule has 4 nitrogen and oxygen atoms in total. The average Bonchev–Trinajstić information content (AvgIpc) is 2.65. The molecule has 1 heterocycles. The van der Waals surface area contributed by atoms with Gasteiger partial charge in [0.1, 0.15) is 12.2 Å². The highest BCUT2D eigenvalue weighted by Crippen LogP contribution is 2.17. The van der Waals surface area contributed by atoms with Crippen LogP contribution in [0.4, 0.5) is 5.69 Å². The Hall–Kier alpha value is -1.84. The summed E-state index contributed by atoms with van der Waals surface area (Å²) in [5.74, 6) is 0.961. The largest absolute Gasteiger partial charge is 0.399 e. The van der Waals surface area contributed by atoms with Crippen molar-refractivity contribution in [1.82, 2.24) is 14.8 Å². The summed E-state index contributed by atoms with van der Waals surface area (Å²) in [5, 5.41) is 7.97. The molecule has 0 fully saturated rings. The van der Waals surface area contributed by atoms with Gasteiger partial charge in [-0.1, -0.05) is 6.92 Å². The summed E-state index contributed by atoms with van der Waals surface area (Å²) in [6.45, 7) is 4.10. The molecule has 2 aromatic rings. The molecule has 0 unspecified atom stereocenters. The van der Waals surface area contributed by atoms with Crippen LogP contribution in [0.1, 0.15) is 18.3 Å². The molecule has 1 aromatic carbocycles. The van der Waals surface area contributed by atoms with Gasteiger partial charge in [-0.15, -0.1) is 10.2 Å². The van der Waals surface area contributed by atoms with Crippen molar-refractivity contribution in [3.05, 3.63) is 35.9 Å². The van der Waals surface area contributed by atoms with Gasteiger partial charge in [0.05, 0.1) is 5.69 Å².